The molecule has 1 atom stereocenters. The first-order chi connectivity index (χ1) is 8.65. The average molecular weight is 249 g/mol. The summed E-state index contributed by atoms with van der Waals surface area (Å²) in [4.78, 5) is 11.8. The first-order valence-corrected chi connectivity index (χ1v) is 6.39. The summed E-state index contributed by atoms with van der Waals surface area (Å²) in [6, 6.07) is 6.11. The number of ether oxygens (including phenoxy) is 1. The van der Waals surface area contributed by atoms with Crippen LogP contribution in [-0.2, 0) is 16.0 Å². The highest BCUT2D eigenvalue weighted by molar-refractivity contribution is 5.76. The van der Waals surface area contributed by atoms with Gasteiger partial charge in [-0.1, -0.05) is 12.1 Å². The summed E-state index contributed by atoms with van der Waals surface area (Å²) in [7, 11) is 0. The lowest BCUT2D eigenvalue weighted by Crippen LogP contribution is -2.36. The fourth-order valence-corrected chi connectivity index (χ4v) is 2.28. The number of hydrogen-bond acceptors (Lipinski definition) is 4. The maximum absolute atomic E-state index is 11.8. The van der Waals surface area contributed by atoms with Gasteiger partial charge in [0.25, 0.3) is 0 Å². The number of aromatic hydroxyl groups is 1. The number of hydrogen-bond donors (Lipinski definition) is 2. The molecule has 1 aliphatic rings. The van der Waals surface area contributed by atoms with Crippen LogP contribution >= 0.6 is 0 Å². The van der Waals surface area contributed by atoms with Crippen LogP contribution in [0, 0.1) is 0 Å². The third kappa shape index (κ3) is 3.47. The summed E-state index contributed by atoms with van der Waals surface area (Å²) in [5, 5.41) is 9.34. The highest BCUT2D eigenvalue weighted by Gasteiger charge is 2.23. The number of carbonyl (C=O) groups excluding carboxylic acids is 1. The topological polar surface area (TPSA) is 72.5 Å². The number of esters is 1. The van der Waals surface area contributed by atoms with E-state index in [1.54, 1.807) is 18.2 Å². The second-order valence-corrected chi connectivity index (χ2v) is 4.82. The van der Waals surface area contributed by atoms with Gasteiger partial charge in [-0.2, -0.15) is 0 Å². The zero-order valence-electron chi connectivity index (χ0n) is 10.3. The van der Waals surface area contributed by atoms with Crippen molar-refractivity contribution < 1.29 is 14.6 Å². The van der Waals surface area contributed by atoms with Crippen molar-refractivity contribution in [3.05, 3.63) is 29.8 Å². The number of nitrogens with two attached hydrogens (primary N) is 1. The van der Waals surface area contributed by atoms with E-state index in [4.69, 9.17) is 10.5 Å². The van der Waals surface area contributed by atoms with E-state index >= 15 is 0 Å². The molecule has 3 N–H and O–H groups in total. The Labute approximate surface area is 107 Å². The van der Waals surface area contributed by atoms with E-state index in [2.05, 4.69) is 0 Å². The molecular weight excluding hydrogens is 230 g/mol. The van der Waals surface area contributed by atoms with Gasteiger partial charge >= 0.3 is 5.97 Å². The van der Waals surface area contributed by atoms with E-state index in [0.29, 0.717) is 6.42 Å². The molecule has 0 aliphatic heterocycles. The third-order valence-electron chi connectivity index (χ3n) is 3.25. The van der Waals surface area contributed by atoms with Gasteiger partial charge in [-0.05, 0) is 49.8 Å². The van der Waals surface area contributed by atoms with Crippen LogP contribution in [0.1, 0.15) is 31.2 Å². The highest BCUT2D eigenvalue weighted by atomic mass is 16.5. The molecule has 0 radical (unpaired) electrons. The second-order valence-electron chi connectivity index (χ2n) is 4.82. The van der Waals surface area contributed by atoms with Crippen LogP contribution in [-0.4, -0.2) is 23.2 Å². The number of phenolic OH excluding ortho intramolecular Hbond substituents is 1. The van der Waals surface area contributed by atoms with E-state index in [1.165, 1.54) is 0 Å². The Morgan fingerprint density at radius 1 is 1.44 bits per heavy atom. The van der Waals surface area contributed by atoms with Crippen LogP contribution in [0.4, 0.5) is 0 Å². The maximum Gasteiger partial charge on any atom is 0.323 e. The first kappa shape index (κ1) is 12.9. The van der Waals surface area contributed by atoms with Gasteiger partial charge in [-0.25, -0.2) is 0 Å². The number of benzene rings is 1. The molecule has 0 bridgehead atoms. The summed E-state index contributed by atoms with van der Waals surface area (Å²) in [5.74, 6) is -0.158. The van der Waals surface area contributed by atoms with E-state index < -0.39 is 6.04 Å². The van der Waals surface area contributed by atoms with Gasteiger partial charge in [0.1, 0.15) is 17.9 Å². The number of phenols is 1. The first-order valence-electron chi connectivity index (χ1n) is 6.39. The molecule has 4 nitrogen and oxygen atoms in total. The SMILES string of the molecule is NC(Cc1cccc(O)c1)C(=O)OC1CCCC1. The largest absolute Gasteiger partial charge is 0.508 e. The predicted molar refractivity (Wildman–Crippen MR) is 68.1 cm³/mol. The molecule has 2 rings (SSSR count). The molecule has 0 aromatic heterocycles. The molecular formula is C14H19NO3. The molecule has 1 aliphatic carbocycles. The lowest BCUT2D eigenvalue weighted by molar-refractivity contribution is -0.150. The molecule has 0 saturated heterocycles. The molecule has 1 unspecified atom stereocenters. The molecule has 4 heteroatoms. The van der Waals surface area contributed by atoms with Crippen molar-refractivity contribution in [2.75, 3.05) is 0 Å². The molecule has 0 spiro atoms. The van der Waals surface area contributed by atoms with E-state index in [1.807, 2.05) is 6.07 Å². The van der Waals surface area contributed by atoms with Crippen molar-refractivity contribution in [1.82, 2.24) is 0 Å². The molecule has 1 saturated carbocycles. The fraction of sp³-hybridized carbons (Fsp3) is 0.500. The molecule has 98 valence electrons. The Morgan fingerprint density at radius 3 is 2.83 bits per heavy atom. The predicted octanol–water partition coefficient (Wildman–Crippen LogP) is 1.75. The number of rotatable bonds is 4. The van der Waals surface area contributed by atoms with Gasteiger partial charge in [0.15, 0.2) is 0 Å². The van der Waals surface area contributed by atoms with Crippen LogP contribution in [0.2, 0.25) is 0 Å². The van der Waals surface area contributed by atoms with Crippen LogP contribution in [0.5, 0.6) is 5.75 Å². The number of carbonyl (C=O) groups is 1. The summed E-state index contributed by atoms with van der Waals surface area (Å²) < 4.78 is 5.35. The fourth-order valence-electron chi connectivity index (χ4n) is 2.28. The molecule has 1 aromatic rings. The zero-order valence-corrected chi connectivity index (χ0v) is 10.3. The molecule has 1 fully saturated rings. The Morgan fingerprint density at radius 2 is 2.17 bits per heavy atom. The van der Waals surface area contributed by atoms with Crippen LogP contribution in [0.3, 0.4) is 0 Å². The normalized spacial score (nSPS) is 17.6. The van der Waals surface area contributed by atoms with Gasteiger partial charge in [0, 0.05) is 0 Å². The lowest BCUT2D eigenvalue weighted by atomic mass is 10.1. The van der Waals surface area contributed by atoms with Gasteiger partial charge in [-0.3, -0.25) is 4.79 Å². The average Bonchev–Trinajstić information content (AvgIpc) is 2.81. The molecule has 18 heavy (non-hydrogen) atoms. The molecule has 0 amide bonds. The van der Waals surface area contributed by atoms with Crippen molar-refractivity contribution in [2.45, 2.75) is 44.2 Å². The van der Waals surface area contributed by atoms with Crippen LogP contribution in [0.15, 0.2) is 24.3 Å². The smallest absolute Gasteiger partial charge is 0.323 e. The Balaban J connectivity index is 1.86. The van der Waals surface area contributed by atoms with Crippen molar-refractivity contribution in [3.8, 4) is 5.75 Å². The summed E-state index contributed by atoms with van der Waals surface area (Å²) in [6.45, 7) is 0. The third-order valence-corrected chi connectivity index (χ3v) is 3.25. The lowest BCUT2D eigenvalue weighted by Gasteiger charge is -2.15. The van der Waals surface area contributed by atoms with Crippen LogP contribution in [0.25, 0.3) is 0 Å². The summed E-state index contributed by atoms with van der Waals surface area (Å²) in [5.41, 5.74) is 6.66. The van der Waals surface area contributed by atoms with Gasteiger partial charge < -0.3 is 15.6 Å². The van der Waals surface area contributed by atoms with Crippen molar-refractivity contribution in [1.29, 1.82) is 0 Å². The minimum absolute atomic E-state index is 0.0488. The minimum atomic E-state index is -0.660. The monoisotopic (exact) mass is 249 g/mol. The van der Waals surface area contributed by atoms with Crippen molar-refractivity contribution in [2.24, 2.45) is 5.73 Å². The van der Waals surface area contributed by atoms with Crippen LogP contribution < -0.4 is 5.73 Å². The van der Waals surface area contributed by atoms with Gasteiger partial charge in [-0.15, -0.1) is 0 Å². The van der Waals surface area contributed by atoms with Crippen molar-refractivity contribution >= 4 is 5.97 Å². The maximum atomic E-state index is 11.8. The second kappa shape index (κ2) is 5.87. The van der Waals surface area contributed by atoms with Gasteiger partial charge in [0.2, 0.25) is 0 Å². The standard InChI is InChI=1S/C14H19NO3/c15-13(9-10-4-3-5-11(16)8-10)14(17)18-12-6-1-2-7-12/h3-5,8,12-13,16H,1-2,6-7,9,15H2. The Bertz CT molecular complexity index is 413. The molecule has 0 heterocycles. The van der Waals surface area contributed by atoms with Crippen molar-refractivity contribution in [3.63, 3.8) is 0 Å². The van der Waals surface area contributed by atoms with E-state index in [0.717, 1.165) is 31.2 Å². The molecule has 1 aromatic carbocycles. The zero-order chi connectivity index (χ0) is 13.0. The summed E-state index contributed by atoms with van der Waals surface area (Å²) in [6.07, 6.45) is 4.59. The van der Waals surface area contributed by atoms with E-state index in [9.17, 15) is 9.90 Å². The quantitative estimate of drug-likeness (QED) is 0.797. The Hall–Kier alpha value is -1.55. The summed E-state index contributed by atoms with van der Waals surface area (Å²) >= 11 is 0. The highest BCUT2D eigenvalue weighted by Crippen LogP contribution is 2.21. The minimum Gasteiger partial charge on any atom is -0.508 e. The Kier molecular flexibility index (Phi) is 4.20. The van der Waals surface area contributed by atoms with E-state index in [-0.39, 0.29) is 17.8 Å². The van der Waals surface area contributed by atoms with Gasteiger partial charge in [0.05, 0.1) is 0 Å².